The first kappa shape index (κ1) is 39.5. The molecular formula is C47H50IrN2SSi-2. The maximum atomic E-state index is 4.71. The maximum absolute atomic E-state index is 4.71. The summed E-state index contributed by atoms with van der Waals surface area (Å²) in [5.74, 6) is 0. The number of hydrogen-bond acceptors (Lipinski definition) is 3. The zero-order chi connectivity index (χ0) is 36.4. The number of benzene rings is 4. The molecule has 0 saturated carbocycles. The number of pyridine rings is 2. The molecule has 4 aromatic carbocycles. The number of thiophene rings is 1. The first-order valence-corrected chi connectivity index (χ1v) is 22.3. The molecule has 1 radical (unpaired) electrons. The van der Waals surface area contributed by atoms with Gasteiger partial charge in [-0.3, -0.25) is 0 Å². The predicted molar refractivity (Wildman–Crippen MR) is 225 cm³/mol. The van der Waals surface area contributed by atoms with Crippen LogP contribution in [-0.2, 0) is 32.9 Å². The summed E-state index contributed by atoms with van der Waals surface area (Å²) in [6.45, 7) is 20.9. The summed E-state index contributed by atoms with van der Waals surface area (Å²) < 4.78 is 2.57. The topological polar surface area (TPSA) is 25.8 Å². The van der Waals surface area contributed by atoms with Gasteiger partial charge in [-0.1, -0.05) is 132 Å². The van der Waals surface area contributed by atoms with E-state index in [0.717, 1.165) is 35.4 Å². The van der Waals surface area contributed by atoms with Gasteiger partial charge in [0.2, 0.25) is 0 Å². The summed E-state index contributed by atoms with van der Waals surface area (Å²) in [4.78, 5) is 9.41. The third-order valence-electron chi connectivity index (χ3n) is 8.86. The summed E-state index contributed by atoms with van der Waals surface area (Å²) in [5.41, 5.74) is 10.1. The summed E-state index contributed by atoms with van der Waals surface area (Å²) in [6, 6.07) is 43.0. The summed E-state index contributed by atoms with van der Waals surface area (Å²) in [5, 5.41) is 4.07. The molecule has 0 bridgehead atoms. The van der Waals surface area contributed by atoms with Crippen molar-refractivity contribution in [2.75, 3.05) is 0 Å². The molecule has 0 saturated heterocycles. The van der Waals surface area contributed by atoms with Crippen LogP contribution in [0.5, 0.6) is 0 Å². The second kappa shape index (κ2) is 16.1. The SMILES string of the molecule is CC(C)(C)Cc1cc(-c2[c-]cccc2)ncc1[Si](C)(C)C.CC(C)(C)Cc1ccnc(-c2[c-]ccc3c2sc2cc(-c4ccccc4)ccc23)c1.[Ir]. The molecule has 0 aliphatic rings. The van der Waals surface area contributed by atoms with Gasteiger partial charge in [-0.2, -0.15) is 11.3 Å². The van der Waals surface area contributed by atoms with Crippen molar-refractivity contribution in [1.29, 1.82) is 0 Å². The van der Waals surface area contributed by atoms with Crippen LogP contribution < -0.4 is 5.19 Å². The van der Waals surface area contributed by atoms with Crippen LogP contribution in [0.3, 0.4) is 0 Å². The van der Waals surface area contributed by atoms with Gasteiger partial charge < -0.3 is 9.97 Å². The van der Waals surface area contributed by atoms with Crippen LogP contribution in [0.4, 0.5) is 0 Å². The average Bonchev–Trinajstić information content (AvgIpc) is 3.46. The summed E-state index contributed by atoms with van der Waals surface area (Å²) in [7, 11) is -1.37. The van der Waals surface area contributed by atoms with Crippen molar-refractivity contribution in [2.24, 2.45) is 10.8 Å². The fourth-order valence-corrected chi connectivity index (χ4v) is 9.49. The fraction of sp³-hybridized carbons (Fsp3) is 0.277. The van der Waals surface area contributed by atoms with Crippen LogP contribution in [0.25, 0.3) is 53.8 Å². The van der Waals surface area contributed by atoms with Crippen LogP contribution in [0.15, 0.2) is 116 Å². The van der Waals surface area contributed by atoms with Crippen LogP contribution in [0.2, 0.25) is 19.6 Å². The fourth-order valence-electron chi connectivity index (χ4n) is 6.67. The van der Waals surface area contributed by atoms with Gasteiger partial charge >= 0.3 is 0 Å². The Hall–Kier alpha value is -3.73. The van der Waals surface area contributed by atoms with E-state index in [9.17, 15) is 0 Å². The van der Waals surface area contributed by atoms with Crippen molar-refractivity contribution in [1.82, 2.24) is 9.97 Å². The Kier molecular flexibility index (Phi) is 12.2. The van der Waals surface area contributed by atoms with Gasteiger partial charge in [-0.25, -0.2) is 0 Å². The van der Waals surface area contributed by atoms with E-state index in [0.29, 0.717) is 0 Å². The molecule has 3 aromatic heterocycles. The third-order valence-corrected chi connectivity index (χ3v) is 12.1. The molecule has 0 spiro atoms. The van der Waals surface area contributed by atoms with Crippen molar-refractivity contribution in [2.45, 2.75) is 74.0 Å². The van der Waals surface area contributed by atoms with Crippen molar-refractivity contribution in [3.63, 3.8) is 0 Å². The van der Waals surface area contributed by atoms with Gasteiger partial charge in [0.15, 0.2) is 0 Å². The van der Waals surface area contributed by atoms with E-state index in [2.05, 4.69) is 158 Å². The minimum absolute atomic E-state index is 0. The Labute approximate surface area is 330 Å². The summed E-state index contributed by atoms with van der Waals surface area (Å²) in [6.07, 6.45) is 6.17. The normalized spacial score (nSPS) is 11.9. The van der Waals surface area contributed by atoms with Crippen LogP contribution in [0, 0.1) is 23.0 Å². The number of aromatic nitrogens is 2. The monoisotopic (exact) mass is 895 g/mol. The third kappa shape index (κ3) is 9.82. The molecule has 0 amide bonds. The van der Waals surface area contributed by atoms with Crippen molar-refractivity contribution < 1.29 is 20.1 Å². The molecule has 0 aliphatic heterocycles. The zero-order valence-electron chi connectivity index (χ0n) is 32.0. The second-order valence-electron chi connectivity index (χ2n) is 17.1. The quantitative estimate of drug-likeness (QED) is 0.123. The molecule has 0 N–H and O–H groups in total. The maximum Gasteiger partial charge on any atom is 0.0798 e. The van der Waals surface area contributed by atoms with E-state index in [1.54, 1.807) is 0 Å². The predicted octanol–water partition coefficient (Wildman–Crippen LogP) is 12.9. The van der Waals surface area contributed by atoms with Gasteiger partial charge in [0.1, 0.15) is 0 Å². The minimum Gasteiger partial charge on any atom is -0.305 e. The van der Waals surface area contributed by atoms with E-state index in [4.69, 9.17) is 9.97 Å². The van der Waals surface area contributed by atoms with Gasteiger partial charge in [0.05, 0.1) is 8.07 Å². The number of rotatable bonds is 6. The largest absolute Gasteiger partial charge is 0.305 e. The average molecular weight is 895 g/mol. The molecule has 0 atom stereocenters. The summed E-state index contributed by atoms with van der Waals surface area (Å²) >= 11 is 1.84. The van der Waals surface area contributed by atoms with Crippen molar-refractivity contribution in [3.8, 4) is 33.6 Å². The molecule has 269 valence electrons. The molecule has 3 heterocycles. The Morgan fingerprint density at radius 2 is 1.38 bits per heavy atom. The van der Waals surface area contributed by atoms with E-state index >= 15 is 0 Å². The molecule has 5 heteroatoms. The smallest absolute Gasteiger partial charge is 0.0798 e. The minimum atomic E-state index is -1.37. The van der Waals surface area contributed by atoms with Crippen LogP contribution in [-0.4, -0.2) is 18.0 Å². The first-order valence-electron chi connectivity index (χ1n) is 18.0. The Balaban J connectivity index is 0.000000210. The first-order chi connectivity index (χ1) is 24.1. The molecular weight excluding hydrogens is 845 g/mol. The Morgan fingerprint density at radius 1 is 0.654 bits per heavy atom. The van der Waals surface area contributed by atoms with Crippen molar-refractivity contribution in [3.05, 3.63) is 139 Å². The van der Waals surface area contributed by atoms with Crippen molar-refractivity contribution >= 4 is 44.8 Å². The zero-order valence-corrected chi connectivity index (χ0v) is 36.2. The Morgan fingerprint density at radius 3 is 2.06 bits per heavy atom. The van der Waals surface area contributed by atoms with Gasteiger partial charge in [0.25, 0.3) is 0 Å². The standard InChI is InChI=1S/C28H24NS.C19H26NSi.Ir/c1-28(2,3)18-19-14-15-29-25(16-19)24-11-7-10-23-22-13-12-21(17-26(22)30-27(23)24)20-8-5-4-6-9-20;1-19(2,3)13-16-12-17(15-10-8-7-9-11-15)20-14-18(16)21(4,5)6;/h4-10,12-17H,18H2,1-3H3;7-10,12,14H,13H2,1-6H3;/q2*-1;. The molecule has 0 unspecified atom stereocenters. The van der Waals surface area contributed by atoms with Gasteiger partial charge in [-0.05, 0) is 73.6 Å². The molecule has 0 fully saturated rings. The molecule has 0 aliphatic carbocycles. The number of nitrogens with zero attached hydrogens (tertiary/aromatic N) is 2. The second-order valence-corrected chi connectivity index (χ2v) is 23.1. The van der Waals surface area contributed by atoms with Crippen LogP contribution >= 0.6 is 11.3 Å². The van der Waals surface area contributed by atoms with E-state index in [1.165, 1.54) is 47.6 Å². The molecule has 52 heavy (non-hydrogen) atoms. The van der Waals surface area contributed by atoms with E-state index in [-0.39, 0.29) is 30.9 Å². The number of fused-ring (bicyclic) bond motifs is 3. The molecule has 7 aromatic rings. The van der Waals surface area contributed by atoms with E-state index < -0.39 is 8.07 Å². The Bertz CT molecular complexity index is 2260. The van der Waals surface area contributed by atoms with Crippen LogP contribution in [0.1, 0.15) is 52.7 Å². The van der Waals surface area contributed by atoms with E-state index in [1.807, 2.05) is 41.8 Å². The number of hydrogen-bond donors (Lipinski definition) is 0. The molecule has 7 rings (SSSR count). The molecule has 2 nitrogen and oxygen atoms in total. The van der Waals surface area contributed by atoms with Gasteiger partial charge in [0, 0.05) is 37.2 Å². The van der Waals surface area contributed by atoms with Gasteiger partial charge in [-0.15, -0.1) is 59.7 Å².